The molecule has 3 saturated carbocycles. The summed E-state index contributed by atoms with van der Waals surface area (Å²) in [6.45, 7) is 1.79. The molecule has 4 aliphatic rings. The van der Waals surface area contributed by atoms with Crippen LogP contribution < -0.4 is 10.5 Å². The Morgan fingerprint density at radius 1 is 1.25 bits per heavy atom. The summed E-state index contributed by atoms with van der Waals surface area (Å²) in [5, 5.41) is 7.06. The number of methoxy groups -OCH3 is 1. The monoisotopic (exact) mass is 553 g/mol. The van der Waals surface area contributed by atoms with Crippen molar-refractivity contribution in [2.75, 3.05) is 13.7 Å². The van der Waals surface area contributed by atoms with Gasteiger partial charge in [0.2, 0.25) is 0 Å². The summed E-state index contributed by atoms with van der Waals surface area (Å²) in [4.78, 5) is 22.2. The average Bonchev–Trinajstić information content (AvgIpc) is 3.26. The van der Waals surface area contributed by atoms with Gasteiger partial charge in [-0.1, -0.05) is 0 Å². The second-order valence-corrected chi connectivity index (χ2v) is 13.5. The number of imidazole rings is 1. The van der Waals surface area contributed by atoms with E-state index in [-0.39, 0.29) is 17.5 Å². The Morgan fingerprint density at radius 2 is 2.12 bits per heavy atom. The van der Waals surface area contributed by atoms with E-state index in [2.05, 4.69) is 36.4 Å². The highest BCUT2D eigenvalue weighted by atomic mass is 32.1. The number of hydrogen-bond acceptors (Lipinski definition) is 6. The topological polar surface area (TPSA) is 107 Å². The van der Waals surface area contributed by atoms with Crippen LogP contribution in [0.1, 0.15) is 36.0 Å². The fourth-order valence-corrected chi connectivity index (χ4v) is 9.01. The number of likely N-dealkylation sites (tertiary alicyclic amines) is 1. The number of benzene rings is 1. The number of carbonyl (C=O) groups is 1. The third-order valence-corrected chi connectivity index (χ3v) is 11.2. The second kappa shape index (κ2) is 7.76. The van der Waals surface area contributed by atoms with Crippen LogP contribution in [0, 0.1) is 17.8 Å². The van der Waals surface area contributed by atoms with Crippen molar-refractivity contribution in [3.05, 3.63) is 42.2 Å². The lowest BCUT2D eigenvalue weighted by molar-refractivity contribution is -0.0494. The van der Waals surface area contributed by atoms with Crippen LogP contribution in [0.3, 0.4) is 0 Å². The van der Waals surface area contributed by atoms with Crippen molar-refractivity contribution in [3.63, 3.8) is 0 Å². The summed E-state index contributed by atoms with van der Waals surface area (Å²) in [6, 6.07) is 8.66. The van der Waals surface area contributed by atoms with Crippen LogP contribution in [0.4, 0.5) is 0 Å². The molecule has 4 fully saturated rings. The van der Waals surface area contributed by atoms with Crippen molar-refractivity contribution >= 4 is 38.5 Å². The number of amides is 1. The van der Waals surface area contributed by atoms with Crippen molar-refractivity contribution in [1.82, 2.24) is 29.2 Å². The van der Waals surface area contributed by atoms with Gasteiger partial charge in [-0.2, -0.15) is 5.10 Å². The van der Waals surface area contributed by atoms with Crippen LogP contribution in [0.15, 0.2) is 36.7 Å². The summed E-state index contributed by atoms with van der Waals surface area (Å²) >= 11 is 1.78. The second-order valence-electron chi connectivity index (χ2n) is 12.4. The summed E-state index contributed by atoms with van der Waals surface area (Å²) in [6.07, 6.45) is 8.32. The smallest absolute Gasteiger partial charge is 0.254 e. The summed E-state index contributed by atoms with van der Waals surface area (Å²) in [7, 11) is 3.71. The van der Waals surface area contributed by atoms with Crippen molar-refractivity contribution < 1.29 is 9.53 Å². The molecule has 1 aromatic carbocycles. The zero-order valence-corrected chi connectivity index (χ0v) is 23.4. The molecule has 5 aromatic rings. The van der Waals surface area contributed by atoms with E-state index in [1.165, 1.54) is 27.9 Å². The molecule has 9 nitrogen and oxygen atoms in total. The normalized spacial score (nSPS) is 26.8. The number of fused-ring (bicyclic) bond motifs is 2. The van der Waals surface area contributed by atoms with Gasteiger partial charge in [0.25, 0.3) is 5.91 Å². The van der Waals surface area contributed by atoms with Crippen LogP contribution in [0.25, 0.3) is 43.2 Å². The molecular weight excluding hydrogens is 522 g/mol. The van der Waals surface area contributed by atoms with E-state index in [0.717, 1.165) is 54.0 Å². The number of aromatic amines is 1. The van der Waals surface area contributed by atoms with Gasteiger partial charge in [0, 0.05) is 59.8 Å². The molecule has 1 aliphatic heterocycles. The maximum absolute atomic E-state index is 13.8. The molecule has 0 spiro atoms. The predicted molar refractivity (Wildman–Crippen MR) is 154 cm³/mol. The lowest BCUT2D eigenvalue weighted by Gasteiger charge is -2.61. The average molecular weight is 554 g/mol. The first-order valence-electron chi connectivity index (χ1n) is 14.2. The fraction of sp³-hybridized carbons (Fsp3) is 0.433. The highest BCUT2D eigenvalue weighted by molar-refractivity contribution is 7.22. The quantitative estimate of drug-likeness (QED) is 0.319. The third kappa shape index (κ3) is 3.03. The van der Waals surface area contributed by atoms with Crippen LogP contribution >= 0.6 is 11.3 Å². The summed E-state index contributed by atoms with van der Waals surface area (Å²) < 4.78 is 11.6. The first-order valence-corrected chi connectivity index (χ1v) is 15.0. The Morgan fingerprint density at radius 3 is 2.85 bits per heavy atom. The molecule has 3 N–H and O–H groups in total. The number of rotatable bonds is 6. The molecule has 10 heteroatoms. The molecule has 1 amide bonds. The summed E-state index contributed by atoms with van der Waals surface area (Å²) in [5.74, 6) is 3.37. The minimum absolute atomic E-state index is 0.0235. The van der Waals surface area contributed by atoms with Gasteiger partial charge < -0.3 is 24.5 Å². The minimum Gasteiger partial charge on any atom is -0.494 e. The van der Waals surface area contributed by atoms with Gasteiger partial charge in [0.05, 0.1) is 34.7 Å². The molecule has 0 bridgehead atoms. The zero-order valence-electron chi connectivity index (χ0n) is 22.6. The molecule has 9 rings (SSSR count). The number of nitrogens with one attached hydrogen (secondary N) is 1. The number of nitrogens with two attached hydrogens (primary N) is 1. The predicted octanol–water partition coefficient (Wildman–Crippen LogP) is 4.63. The Bertz CT molecular complexity index is 1840. The molecule has 40 heavy (non-hydrogen) atoms. The lowest BCUT2D eigenvalue weighted by atomic mass is 9.48. The van der Waals surface area contributed by atoms with Crippen molar-refractivity contribution in [2.45, 2.75) is 43.8 Å². The maximum atomic E-state index is 13.8. The van der Waals surface area contributed by atoms with Gasteiger partial charge in [-0.15, -0.1) is 11.3 Å². The highest BCUT2D eigenvalue weighted by Crippen LogP contribution is 2.62. The number of carbonyl (C=O) groups excluding carboxylic acids is 1. The van der Waals surface area contributed by atoms with Crippen LogP contribution in [0.2, 0.25) is 0 Å². The Hall–Kier alpha value is -3.63. The SMILES string of the molecule is COc1cc(C(=O)N2C[C@H]3CC4(N)C[C@@H]2[C@@H]34)cc2nc(-c3cc4sc(-c5cn[nH]c5)cc4n3CC3CC3)n(C)c12. The number of aryl methyl sites for hydroxylation is 1. The Kier molecular flexibility index (Phi) is 4.48. The molecule has 5 heterocycles. The zero-order chi connectivity index (χ0) is 26.9. The van der Waals surface area contributed by atoms with Crippen LogP contribution in [-0.4, -0.2) is 60.4 Å². The van der Waals surface area contributed by atoms with E-state index in [4.69, 9.17) is 15.5 Å². The molecule has 0 radical (unpaired) electrons. The van der Waals surface area contributed by atoms with E-state index in [1.54, 1.807) is 18.4 Å². The van der Waals surface area contributed by atoms with Gasteiger partial charge in [-0.25, -0.2) is 4.98 Å². The Labute approximate surface area is 234 Å². The number of ether oxygens (including phenoxy) is 1. The van der Waals surface area contributed by atoms with Gasteiger partial charge in [0.1, 0.15) is 11.3 Å². The van der Waals surface area contributed by atoms with Crippen molar-refractivity contribution in [2.24, 2.45) is 30.5 Å². The molecule has 3 aliphatic carbocycles. The number of nitrogens with zero attached hydrogens (tertiary/aromatic N) is 5. The Balaban J connectivity index is 1.14. The van der Waals surface area contributed by atoms with Gasteiger partial charge in [-0.05, 0) is 61.8 Å². The first kappa shape index (κ1) is 23.1. The van der Waals surface area contributed by atoms with Crippen LogP contribution in [0.5, 0.6) is 5.75 Å². The highest BCUT2D eigenvalue weighted by Gasteiger charge is 2.69. The van der Waals surface area contributed by atoms with Crippen LogP contribution in [-0.2, 0) is 13.6 Å². The van der Waals surface area contributed by atoms with Crippen molar-refractivity contribution in [1.29, 1.82) is 0 Å². The van der Waals surface area contributed by atoms with E-state index in [9.17, 15) is 4.79 Å². The first-order chi connectivity index (χ1) is 19.4. The number of thiophene rings is 1. The van der Waals surface area contributed by atoms with E-state index in [0.29, 0.717) is 29.1 Å². The maximum Gasteiger partial charge on any atom is 0.254 e. The summed E-state index contributed by atoms with van der Waals surface area (Å²) in [5.41, 5.74) is 12.2. The molecule has 4 aromatic heterocycles. The van der Waals surface area contributed by atoms with E-state index in [1.807, 2.05) is 31.6 Å². The third-order valence-electron chi connectivity index (χ3n) is 10.1. The lowest BCUT2D eigenvalue weighted by Crippen LogP contribution is -2.72. The van der Waals surface area contributed by atoms with Gasteiger partial charge >= 0.3 is 0 Å². The van der Waals surface area contributed by atoms with E-state index >= 15 is 0 Å². The number of aromatic nitrogens is 5. The largest absolute Gasteiger partial charge is 0.494 e. The fourth-order valence-electron chi connectivity index (χ4n) is 7.93. The number of hydrogen-bond donors (Lipinski definition) is 2. The molecule has 1 saturated heterocycles. The minimum atomic E-state index is -0.0235. The molecule has 1 unspecified atom stereocenters. The van der Waals surface area contributed by atoms with E-state index < -0.39 is 0 Å². The van der Waals surface area contributed by atoms with Gasteiger partial charge in [0.15, 0.2) is 5.82 Å². The molecule has 204 valence electrons. The number of H-pyrrole nitrogens is 1. The van der Waals surface area contributed by atoms with Crippen molar-refractivity contribution in [3.8, 4) is 27.7 Å². The molecule has 4 atom stereocenters. The molecular formula is C30H31N7O2S. The van der Waals surface area contributed by atoms with Gasteiger partial charge in [-0.3, -0.25) is 9.89 Å². The standard InChI is InChI=1S/C30H31N7O2S/c1-35-27-19(5-16(6-23(27)39-2)29(38)37-14-17-9-30(31)10-22(37)26(17)30)34-28(35)21-8-25-20(36(21)13-15-3-4-15)7-24(40-25)18-11-32-33-12-18/h5-8,11-12,15,17,22,26H,3-4,9-10,13-14,31H2,1-2H3,(H,32,33)/t17-,22-,26-,30?/m1/s1.